The molecule has 170 valence electrons. The Balaban J connectivity index is 0.00000280. The summed E-state index contributed by atoms with van der Waals surface area (Å²) in [4.78, 5) is 27.5. The van der Waals surface area contributed by atoms with Crippen molar-refractivity contribution in [2.45, 2.75) is 31.7 Å². The zero-order valence-electron chi connectivity index (χ0n) is 16.7. The van der Waals surface area contributed by atoms with Gasteiger partial charge in [0.15, 0.2) is 0 Å². The number of carboxylic acids is 1. The smallest absolute Gasteiger partial charge is 0.317 e. The van der Waals surface area contributed by atoms with Gasteiger partial charge in [0.25, 0.3) is 0 Å². The summed E-state index contributed by atoms with van der Waals surface area (Å²) in [5.41, 5.74) is 7.25. The van der Waals surface area contributed by atoms with Gasteiger partial charge in [-0.2, -0.15) is 0 Å². The lowest BCUT2D eigenvalue weighted by molar-refractivity contribution is -0.142. The molecule has 0 aromatic heterocycles. The van der Waals surface area contributed by atoms with E-state index in [4.69, 9.17) is 16.2 Å². The topological polar surface area (TPSA) is 154 Å². The van der Waals surface area contributed by atoms with E-state index in [0.29, 0.717) is 31.5 Å². The standard InChI is InChI=1S/C19H27N5O3.2ClH.H2O/c20-17(21)13-3-7-16(8-4-13)23-9-11-24(12-10-23)19(27)22-15-5-1-14(2-6-15)18(25)26;;;/h3-4,7-8,14-15H,1-2,5-6,9-12H2,(H3,20,21)(H,22,27)(H,25,26);2*1H;1H2. The van der Waals surface area contributed by atoms with Crippen molar-refractivity contribution in [2.24, 2.45) is 11.7 Å². The second-order valence-corrected chi connectivity index (χ2v) is 7.27. The van der Waals surface area contributed by atoms with Gasteiger partial charge in [-0.3, -0.25) is 10.2 Å². The number of hydrogen-bond acceptors (Lipinski definition) is 4. The monoisotopic (exact) mass is 463 g/mol. The molecule has 1 saturated heterocycles. The quantitative estimate of drug-likeness (QED) is 0.392. The van der Waals surface area contributed by atoms with Gasteiger partial charge in [0.05, 0.1) is 5.92 Å². The average molecular weight is 464 g/mol. The van der Waals surface area contributed by atoms with E-state index in [1.54, 1.807) is 0 Å². The number of rotatable bonds is 4. The molecule has 0 unspecified atom stereocenters. The summed E-state index contributed by atoms with van der Waals surface area (Å²) in [6, 6.07) is 7.60. The highest BCUT2D eigenvalue weighted by atomic mass is 35.5. The second-order valence-electron chi connectivity index (χ2n) is 7.27. The third-order valence-corrected chi connectivity index (χ3v) is 5.51. The van der Waals surface area contributed by atoms with Crippen molar-refractivity contribution >= 4 is 48.3 Å². The van der Waals surface area contributed by atoms with Crippen LogP contribution in [0.3, 0.4) is 0 Å². The zero-order valence-corrected chi connectivity index (χ0v) is 18.3. The number of amides is 2. The first-order valence-electron chi connectivity index (χ1n) is 9.41. The molecule has 1 saturated carbocycles. The van der Waals surface area contributed by atoms with Crippen LogP contribution >= 0.6 is 24.8 Å². The molecule has 1 aromatic carbocycles. The van der Waals surface area contributed by atoms with E-state index in [1.165, 1.54) is 0 Å². The summed E-state index contributed by atoms with van der Waals surface area (Å²) in [6.45, 7) is 2.78. The normalized spacial score (nSPS) is 20.7. The van der Waals surface area contributed by atoms with Crippen LogP contribution in [0.15, 0.2) is 24.3 Å². The third-order valence-electron chi connectivity index (χ3n) is 5.51. The Morgan fingerprint density at radius 3 is 2.00 bits per heavy atom. The van der Waals surface area contributed by atoms with Crippen LogP contribution in [0.25, 0.3) is 0 Å². The van der Waals surface area contributed by atoms with Gasteiger partial charge in [0.2, 0.25) is 0 Å². The van der Waals surface area contributed by atoms with Gasteiger partial charge in [-0.1, -0.05) is 0 Å². The molecule has 0 bridgehead atoms. The number of nitrogens with zero attached hydrogens (tertiary/aromatic N) is 2. The molecule has 3 rings (SSSR count). The number of carbonyl (C=O) groups excluding carboxylic acids is 1. The van der Waals surface area contributed by atoms with E-state index in [-0.39, 0.29) is 54.1 Å². The first-order chi connectivity index (χ1) is 12.9. The highest BCUT2D eigenvalue weighted by molar-refractivity contribution is 5.95. The van der Waals surface area contributed by atoms with E-state index < -0.39 is 5.97 Å². The number of piperazine rings is 1. The van der Waals surface area contributed by atoms with Crippen LogP contribution in [0, 0.1) is 11.3 Å². The minimum absolute atomic E-state index is 0. The van der Waals surface area contributed by atoms with E-state index in [9.17, 15) is 9.59 Å². The fourth-order valence-corrected chi connectivity index (χ4v) is 3.77. The molecule has 1 aromatic rings. The first kappa shape index (κ1) is 27.8. The van der Waals surface area contributed by atoms with Crippen molar-refractivity contribution < 1.29 is 20.2 Å². The lowest BCUT2D eigenvalue weighted by Crippen LogP contribution is -2.54. The second kappa shape index (κ2) is 12.5. The summed E-state index contributed by atoms with van der Waals surface area (Å²) in [6.07, 6.45) is 2.71. The van der Waals surface area contributed by atoms with Gasteiger partial charge < -0.3 is 31.4 Å². The van der Waals surface area contributed by atoms with Gasteiger partial charge >= 0.3 is 12.0 Å². The Bertz CT molecular complexity index is 703. The third kappa shape index (κ3) is 6.93. The van der Waals surface area contributed by atoms with Crippen molar-refractivity contribution in [3.05, 3.63) is 29.8 Å². The number of halogens is 2. The van der Waals surface area contributed by atoms with Gasteiger partial charge in [0.1, 0.15) is 5.84 Å². The average Bonchev–Trinajstić information content (AvgIpc) is 2.68. The molecule has 30 heavy (non-hydrogen) atoms. The van der Waals surface area contributed by atoms with Crippen LogP contribution in [0.4, 0.5) is 10.5 Å². The molecule has 2 amide bonds. The summed E-state index contributed by atoms with van der Waals surface area (Å²) < 4.78 is 0. The van der Waals surface area contributed by atoms with Gasteiger partial charge in [0, 0.05) is 43.5 Å². The lowest BCUT2D eigenvalue weighted by atomic mass is 9.86. The molecule has 2 aliphatic rings. The number of benzene rings is 1. The lowest BCUT2D eigenvalue weighted by Gasteiger charge is -2.37. The number of hydrogen-bond donors (Lipinski definition) is 4. The van der Waals surface area contributed by atoms with Gasteiger partial charge in [-0.15, -0.1) is 24.8 Å². The number of carbonyl (C=O) groups is 2. The van der Waals surface area contributed by atoms with Gasteiger partial charge in [-0.05, 0) is 49.9 Å². The number of nitrogen functional groups attached to an aromatic ring is 1. The van der Waals surface area contributed by atoms with E-state index in [0.717, 1.165) is 31.6 Å². The Morgan fingerprint density at radius 1 is 1.00 bits per heavy atom. The number of carboxylic acid groups (broad SMARTS) is 1. The summed E-state index contributed by atoms with van der Waals surface area (Å²) >= 11 is 0. The highest BCUT2D eigenvalue weighted by Gasteiger charge is 2.28. The van der Waals surface area contributed by atoms with Crippen LogP contribution in [0.5, 0.6) is 0 Å². The SMILES string of the molecule is Cl.Cl.N=C(N)c1ccc(N2CCN(C(=O)NC3CCC(C(=O)O)CC3)CC2)cc1.O. The van der Waals surface area contributed by atoms with Crippen molar-refractivity contribution in [2.75, 3.05) is 31.1 Å². The zero-order chi connectivity index (χ0) is 19.4. The highest BCUT2D eigenvalue weighted by Crippen LogP contribution is 2.24. The van der Waals surface area contributed by atoms with Crippen molar-refractivity contribution in [3.8, 4) is 0 Å². The Hall–Kier alpha value is -2.23. The maximum Gasteiger partial charge on any atom is 0.317 e. The molecular weight excluding hydrogens is 433 g/mol. The van der Waals surface area contributed by atoms with Crippen molar-refractivity contribution in [1.82, 2.24) is 10.2 Å². The Morgan fingerprint density at radius 2 is 1.53 bits per heavy atom. The summed E-state index contributed by atoms with van der Waals surface area (Å²) in [7, 11) is 0. The van der Waals surface area contributed by atoms with Crippen LogP contribution < -0.4 is 16.0 Å². The molecular formula is C19H31Cl2N5O4. The van der Waals surface area contributed by atoms with Crippen LogP contribution in [0.2, 0.25) is 0 Å². The molecule has 0 radical (unpaired) electrons. The van der Waals surface area contributed by atoms with E-state index >= 15 is 0 Å². The van der Waals surface area contributed by atoms with Gasteiger partial charge in [-0.25, -0.2) is 4.79 Å². The summed E-state index contributed by atoms with van der Waals surface area (Å²) in [5.74, 6) is -0.941. The fraction of sp³-hybridized carbons (Fsp3) is 0.526. The largest absolute Gasteiger partial charge is 0.481 e. The summed E-state index contributed by atoms with van der Waals surface area (Å²) in [5, 5.41) is 19.6. The number of aliphatic carboxylic acids is 1. The maximum absolute atomic E-state index is 12.5. The van der Waals surface area contributed by atoms with E-state index in [2.05, 4.69) is 10.2 Å². The fourth-order valence-electron chi connectivity index (χ4n) is 3.77. The predicted octanol–water partition coefficient (Wildman–Crippen LogP) is 1.46. The number of anilines is 1. The predicted molar refractivity (Wildman–Crippen MR) is 121 cm³/mol. The molecule has 1 heterocycles. The number of nitrogens with one attached hydrogen (secondary N) is 2. The number of amidine groups is 1. The molecule has 11 heteroatoms. The Labute approximate surface area is 188 Å². The first-order valence-corrected chi connectivity index (χ1v) is 9.41. The van der Waals surface area contributed by atoms with E-state index in [1.807, 2.05) is 29.2 Å². The number of urea groups is 1. The van der Waals surface area contributed by atoms with Crippen LogP contribution in [0.1, 0.15) is 31.2 Å². The molecule has 2 fully saturated rings. The molecule has 9 nitrogen and oxygen atoms in total. The molecule has 0 spiro atoms. The van der Waals surface area contributed by atoms with Crippen molar-refractivity contribution in [3.63, 3.8) is 0 Å². The Kier molecular flexibility index (Phi) is 11.5. The molecule has 0 atom stereocenters. The van der Waals surface area contributed by atoms with Crippen LogP contribution in [-0.2, 0) is 4.79 Å². The van der Waals surface area contributed by atoms with Crippen LogP contribution in [-0.4, -0.2) is 65.5 Å². The van der Waals surface area contributed by atoms with Crippen molar-refractivity contribution in [1.29, 1.82) is 5.41 Å². The molecule has 1 aliphatic heterocycles. The molecule has 1 aliphatic carbocycles. The maximum atomic E-state index is 12.5. The minimum Gasteiger partial charge on any atom is -0.481 e. The molecule has 7 N–H and O–H groups in total. The number of nitrogens with two attached hydrogens (primary N) is 1. The minimum atomic E-state index is -0.729.